The summed E-state index contributed by atoms with van der Waals surface area (Å²) in [7, 11) is -10.8. The van der Waals surface area contributed by atoms with Crippen molar-refractivity contribution in [1.29, 1.82) is 0 Å². The van der Waals surface area contributed by atoms with Crippen molar-refractivity contribution in [2.45, 2.75) is 0 Å². The second kappa shape index (κ2) is 12.8. The zero-order valence-electron chi connectivity index (χ0n) is 23.8. The fourth-order valence-electron chi connectivity index (χ4n) is 5.53. The molecule has 0 saturated carbocycles. The Kier molecular flexibility index (Phi) is 8.66. The Morgan fingerprint density at radius 1 is 0.378 bits per heavy atom. The molecular weight excluding hydrogens is 606 g/mol. The minimum Gasteiger partial charge on any atom is -0.402 e. The van der Waals surface area contributed by atoms with Crippen LogP contribution < -0.4 is 4.52 Å². The van der Waals surface area contributed by atoms with Crippen molar-refractivity contribution in [3.8, 4) is 61.4 Å². The molecule has 0 fully saturated rings. The molecule has 0 amide bonds. The Hall–Kier alpha value is -4.58. The molecule has 6 rings (SSSR count). The molecule has 0 spiro atoms. The van der Waals surface area contributed by atoms with Crippen LogP contribution in [0, 0.1) is 0 Å². The van der Waals surface area contributed by atoms with Gasteiger partial charge >= 0.3 is 15.6 Å². The lowest BCUT2D eigenvalue weighted by atomic mass is 9.78. The Balaban J connectivity index is 1.90. The molecule has 0 heterocycles. The molecular formula is C36H28O7P2. The minimum atomic E-state index is -5.43. The van der Waals surface area contributed by atoms with Gasteiger partial charge < -0.3 is 14.3 Å². The normalized spacial score (nSPS) is 12.8. The van der Waals surface area contributed by atoms with Gasteiger partial charge in [0.05, 0.1) is 0 Å². The average Bonchev–Trinajstić information content (AvgIpc) is 3.05. The van der Waals surface area contributed by atoms with Gasteiger partial charge in [-0.2, -0.15) is 4.31 Å². The molecule has 0 aromatic heterocycles. The van der Waals surface area contributed by atoms with Crippen LogP contribution in [0.15, 0.2) is 152 Å². The molecule has 0 aliphatic heterocycles. The van der Waals surface area contributed by atoms with Crippen LogP contribution in [0.25, 0.3) is 55.6 Å². The molecule has 1 atom stereocenters. The minimum absolute atomic E-state index is 0.0657. The van der Waals surface area contributed by atoms with Crippen LogP contribution in [-0.2, 0) is 13.4 Å². The lowest BCUT2D eigenvalue weighted by Crippen LogP contribution is -2.04. The number of phosphoric ester groups is 1. The van der Waals surface area contributed by atoms with Crippen molar-refractivity contribution in [2.75, 3.05) is 0 Å². The second-order valence-electron chi connectivity index (χ2n) is 10.2. The first-order valence-corrected chi connectivity index (χ1v) is 17.0. The Labute approximate surface area is 260 Å². The summed E-state index contributed by atoms with van der Waals surface area (Å²) in [5, 5.41) is 0. The highest BCUT2D eigenvalue weighted by Gasteiger charge is 2.38. The van der Waals surface area contributed by atoms with Gasteiger partial charge in [-0.25, -0.2) is 9.13 Å². The van der Waals surface area contributed by atoms with Gasteiger partial charge in [0.25, 0.3) is 0 Å². The van der Waals surface area contributed by atoms with Gasteiger partial charge in [-0.1, -0.05) is 152 Å². The molecule has 6 aromatic rings. The van der Waals surface area contributed by atoms with Crippen molar-refractivity contribution in [2.24, 2.45) is 0 Å². The van der Waals surface area contributed by atoms with E-state index < -0.39 is 15.6 Å². The summed E-state index contributed by atoms with van der Waals surface area (Å²) in [5.41, 5.74) is 6.88. The van der Waals surface area contributed by atoms with E-state index >= 15 is 0 Å². The van der Waals surface area contributed by atoms with E-state index in [2.05, 4.69) is 4.31 Å². The largest absolute Gasteiger partial charge is 0.536 e. The summed E-state index contributed by atoms with van der Waals surface area (Å²) >= 11 is 0. The standard InChI is InChI=1S/C36H28O7P2/c37-44(38,39)43-45(40,41)42-36-34(29-22-12-4-13-23-29)32(27-18-8-2-9-19-27)31(26-16-6-1-7-17-26)33(28-20-10-3-11-21-28)35(36)30-24-14-5-15-25-30/h1-25H,(H,40,41)(H2,37,38,39). The van der Waals surface area contributed by atoms with Gasteiger partial charge in [0, 0.05) is 22.3 Å². The summed E-state index contributed by atoms with van der Waals surface area (Å²) in [6.45, 7) is 0. The van der Waals surface area contributed by atoms with Gasteiger partial charge in [-0.15, -0.1) is 0 Å². The van der Waals surface area contributed by atoms with E-state index in [4.69, 9.17) is 4.52 Å². The zero-order valence-corrected chi connectivity index (χ0v) is 25.6. The maximum Gasteiger partial charge on any atom is 0.536 e. The molecule has 224 valence electrons. The number of hydrogen-bond acceptors (Lipinski definition) is 4. The molecule has 0 aliphatic rings. The number of rotatable bonds is 9. The fraction of sp³-hybridized carbons (Fsp3) is 0. The number of hydrogen-bond donors (Lipinski definition) is 3. The van der Waals surface area contributed by atoms with Crippen LogP contribution in [-0.4, -0.2) is 14.7 Å². The summed E-state index contributed by atoms with van der Waals surface area (Å²) in [6.07, 6.45) is 0. The van der Waals surface area contributed by atoms with Gasteiger partial charge in [-0.05, 0) is 33.4 Å². The quantitative estimate of drug-likeness (QED) is 0.136. The van der Waals surface area contributed by atoms with Crippen molar-refractivity contribution < 1.29 is 32.6 Å². The Morgan fingerprint density at radius 3 is 0.889 bits per heavy atom. The Morgan fingerprint density at radius 2 is 0.622 bits per heavy atom. The third-order valence-corrected chi connectivity index (χ3v) is 9.27. The molecule has 9 heteroatoms. The topological polar surface area (TPSA) is 113 Å². The van der Waals surface area contributed by atoms with Crippen LogP contribution in [0.1, 0.15) is 0 Å². The van der Waals surface area contributed by atoms with Crippen LogP contribution >= 0.6 is 15.6 Å². The van der Waals surface area contributed by atoms with E-state index in [1.807, 2.05) is 152 Å². The predicted molar refractivity (Wildman–Crippen MR) is 177 cm³/mol. The zero-order chi connectivity index (χ0) is 31.4. The summed E-state index contributed by atoms with van der Waals surface area (Å²) in [4.78, 5) is 30.0. The first-order valence-electron chi connectivity index (χ1n) is 14.0. The lowest BCUT2D eigenvalue weighted by Gasteiger charge is -2.28. The molecule has 0 bridgehead atoms. The molecule has 0 saturated heterocycles. The van der Waals surface area contributed by atoms with Crippen molar-refractivity contribution in [3.63, 3.8) is 0 Å². The molecule has 45 heavy (non-hydrogen) atoms. The van der Waals surface area contributed by atoms with Gasteiger partial charge in [0.2, 0.25) is 0 Å². The third-order valence-electron chi connectivity index (χ3n) is 7.18. The van der Waals surface area contributed by atoms with Crippen molar-refractivity contribution in [3.05, 3.63) is 152 Å². The van der Waals surface area contributed by atoms with Crippen molar-refractivity contribution in [1.82, 2.24) is 0 Å². The summed E-state index contributed by atoms with van der Waals surface area (Å²) < 4.78 is 35.5. The van der Waals surface area contributed by atoms with E-state index in [9.17, 15) is 23.8 Å². The molecule has 0 radical (unpaired) electrons. The van der Waals surface area contributed by atoms with Crippen molar-refractivity contribution >= 4 is 15.6 Å². The predicted octanol–water partition coefficient (Wildman–Crippen LogP) is 9.61. The second-order valence-corrected chi connectivity index (χ2v) is 12.9. The van der Waals surface area contributed by atoms with Crippen LogP contribution in [0.2, 0.25) is 0 Å². The van der Waals surface area contributed by atoms with Crippen LogP contribution in [0.4, 0.5) is 0 Å². The van der Waals surface area contributed by atoms with Crippen LogP contribution in [0.3, 0.4) is 0 Å². The molecule has 6 aromatic carbocycles. The monoisotopic (exact) mass is 634 g/mol. The van der Waals surface area contributed by atoms with E-state index in [0.717, 1.165) is 22.3 Å². The third kappa shape index (κ3) is 6.75. The molecule has 7 nitrogen and oxygen atoms in total. The maximum atomic E-state index is 13.4. The van der Waals surface area contributed by atoms with Crippen LogP contribution in [0.5, 0.6) is 5.75 Å². The highest BCUT2D eigenvalue weighted by Crippen LogP contribution is 2.63. The van der Waals surface area contributed by atoms with E-state index in [1.54, 1.807) is 0 Å². The maximum absolute atomic E-state index is 13.4. The average molecular weight is 635 g/mol. The van der Waals surface area contributed by atoms with E-state index in [-0.39, 0.29) is 5.75 Å². The van der Waals surface area contributed by atoms with E-state index in [1.165, 1.54) is 0 Å². The van der Waals surface area contributed by atoms with Gasteiger partial charge in [-0.3, -0.25) is 4.89 Å². The fourth-order valence-corrected chi connectivity index (χ4v) is 7.15. The number of phosphoric acid groups is 2. The van der Waals surface area contributed by atoms with Gasteiger partial charge in [0.1, 0.15) is 5.75 Å². The SMILES string of the molecule is O=P(O)(O)OP(=O)(O)Oc1c(-c2ccccc2)c(-c2ccccc2)c(-c2ccccc2)c(-c2ccccc2)c1-c1ccccc1. The summed E-state index contributed by atoms with van der Waals surface area (Å²) in [6, 6.07) is 47.5. The summed E-state index contributed by atoms with van der Waals surface area (Å²) in [5.74, 6) is -0.0657. The first-order chi connectivity index (χ1) is 21.7. The first kappa shape index (κ1) is 30.4. The number of benzene rings is 6. The Bertz CT molecular complexity index is 1910. The lowest BCUT2D eigenvalue weighted by molar-refractivity contribution is 0.230. The molecule has 0 aliphatic carbocycles. The highest BCUT2D eigenvalue weighted by molar-refractivity contribution is 7.60. The van der Waals surface area contributed by atoms with E-state index in [0.29, 0.717) is 33.4 Å². The smallest absolute Gasteiger partial charge is 0.402 e. The van der Waals surface area contributed by atoms with Gasteiger partial charge in [0.15, 0.2) is 0 Å². The highest BCUT2D eigenvalue weighted by atomic mass is 31.3. The molecule has 1 unspecified atom stereocenters. The molecule has 3 N–H and O–H groups in total.